The zero-order valence-electron chi connectivity index (χ0n) is 15.2. The van der Waals surface area contributed by atoms with E-state index in [-0.39, 0.29) is 11.8 Å². The number of benzene rings is 2. The van der Waals surface area contributed by atoms with E-state index in [1.54, 1.807) is 53.3 Å². The highest BCUT2D eigenvalue weighted by molar-refractivity contribution is 6.35. The van der Waals surface area contributed by atoms with E-state index in [9.17, 15) is 9.59 Å². The average molecular weight is 430 g/mol. The van der Waals surface area contributed by atoms with Crippen LogP contribution in [0, 0.1) is 0 Å². The topological polar surface area (TPSA) is 102 Å². The number of hydrogen-bond acceptors (Lipinski definition) is 3. The molecule has 4 N–H and O–H groups in total. The minimum absolute atomic E-state index is 0.243. The second-order valence-electron chi connectivity index (χ2n) is 6.75. The third-order valence-electron chi connectivity index (χ3n) is 4.54. The first-order valence-corrected chi connectivity index (χ1v) is 9.69. The lowest BCUT2D eigenvalue weighted by Crippen LogP contribution is -2.19. The molecule has 0 bridgehead atoms. The summed E-state index contributed by atoms with van der Waals surface area (Å²) in [5.41, 5.74) is 8.12. The van der Waals surface area contributed by atoms with Gasteiger partial charge in [-0.25, -0.2) is 9.48 Å². The number of rotatable bonds is 5. The van der Waals surface area contributed by atoms with Crippen LogP contribution in [0.2, 0.25) is 10.0 Å². The van der Waals surface area contributed by atoms with Gasteiger partial charge in [-0.15, -0.1) is 0 Å². The van der Waals surface area contributed by atoms with Gasteiger partial charge in [-0.2, -0.15) is 5.10 Å². The van der Waals surface area contributed by atoms with Crippen molar-refractivity contribution in [1.29, 1.82) is 0 Å². The zero-order chi connectivity index (χ0) is 20.5. The summed E-state index contributed by atoms with van der Waals surface area (Å²) in [6.45, 7) is 0. The van der Waals surface area contributed by atoms with Gasteiger partial charge in [0.15, 0.2) is 0 Å². The lowest BCUT2D eigenvalue weighted by atomic mass is 10.1. The summed E-state index contributed by atoms with van der Waals surface area (Å²) in [6.07, 6.45) is 3.50. The predicted octanol–water partition coefficient (Wildman–Crippen LogP) is 4.80. The fourth-order valence-electron chi connectivity index (χ4n) is 3.14. The smallest absolute Gasteiger partial charge is 0.316 e. The maximum absolute atomic E-state index is 13.0. The number of anilines is 2. The summed E-state index contributed by atoms with van der Waals surface area (Å²) in [4.78, 5) is 24.0. The van der Waals surface area contributed by atoms with Gasteiger partial charge in [0.2, 0.25) is 0 Å². The fraction of sp³-hybridized carbons (Fsp3) is 0.150. The molecule has 0 aliphatic heterocycles. The number of nitrogens with two attached hydrogens (primary N) is 1. The average Bonchev–Trinajstić information content (AvgIpc) is 3.40. The summed E-state index contributed by atoms with van der Waals surface area (Å²) in [5.74, 6) is -0.0488. The van der Waals surface area contributed by atoms with Crippen LogP contribution in [0.4, 0.5) is 16.2 Å². The van der Waals surface area contributed by atoms with Crippen molar-refractivity contribution in [2.45, 2.75) is 18.8 Å². The second-order valence-corrected chi connectivity index (χ2v) is 7.59. The Balaban J connectivity index is 1.64. The summed E-state index contributed by atoms with van der Waals surface area (Å²) < 4.78 is 1.70. The van der Waals surface area contributed by atoms with Crippen LogP contribution in [0.3, 0.4) is 0 Å². The Morgan fingerprint density at radius 2 is 1.79 bits per heavy atom. The van der Waals surface area contributed by atoms with Gasteiger partial charge in [-0.3, -0.25) is 4.79 Å². The number of carbonyl (C=O) groups excluding carboxylic acids is 2. The largest absolute Gasteiger partial charge is 0.351 e. The Bertz CT molecular complexity index is 1110. The molecule has 0 atom stereocenters. The molecule has 7 nitrogen and oxygen atoms in total. The Labute approximate surface area is 176 Å². The van der Waals surface area contributed by atoms with Crippen LogP contribution in [0.25, 0.3) is 5.69 Å². The molecule has 2 aromatic carbocycles. The number of hydrogen-bond donors (Lipinski definition) is 3. The van der Waals surface area contributed by atoms with Gasteiger partial charge in [0.25, 0.3) is 5.91 Å². The molecular weight excluding hydrogens is 413 g/mol. The van der Waals surface area contributed by atoms with Gasteiger partial charge in [-0.05, 0) is 49.2 Å². The van der Waals surface area contributed by atoms with Crippen molar-refractivity contribution in [1.82, 2.24) is 9.78 Å². The molecule has 1 saturated carbocycles. The Morgan fingerprint density at radius 3 is 2.45 bits per heavy atom. The van der Waals surface area contributed by atoms with Crippen LogP contribution >= 0.6 is 23.2 Å². The highest BCUT2D eigenvalue weighted by Crippen LogP contribution is 2.43. The highest BCUT2D eigenvalue weighted by atomic mass is 35.5. The van der Waals surface area contributed by atoms with Crippen LogP contribution in [0.1, 0.15) is 34.8 Å². The number of amides is 3. The standard InChI is InChI=1S/C20H17Cl2N5O2/c21-12-6-7-17(16(22)8-12)27-18(11-4-5-11)15(10-24-27)19(28)25-13-2-1-3-14(9-13)26-20(23)29/h1-3,6-11H,4-5H2,(H,25,28)(H3,23,26,29). The normalized spacial score (nSPS) is 13.2. The Hall–Kier alpha value is -3.03. The van der Waals surface area contributed by atoms with E-state index in [2.05, 4.69) is 15.7 Å². The van der Waals surface area contributed by atoms with Crippen molar-refractivity contribution >= 4 is 46.5 Å². The molecule has 3 amide bonds. The van der Waals surface area contributed by atoms with Gasteiger partial charge in [-0.1, -0.05) is 29.3 Å². The van der Waals surface area contributed by atoms with E-state index in [4.69, 9.17) is 28.9 Å². The number of aromatic nitrogens is 2. The van der Waals surface area contributed by atoms with Gasteiger partial charge in [0.1, 0.15) is 0 Å². The van der Waals surface area contributed by atoms with Crippen LogP contribution in [-0.4, -0.2) is 21.7 Å². The Kier molecular flexibility index (Phi) is 5.17. The van der Waals surface area contributed by atoms with E-state index in [0.29, 0.717) is 32.7 Å². The van der Waals surface area contributed by atoms with E-state index >= 15 is 0 Å². The predicted molar refractivity (Wildman–Crippen MR) is 113 cm³/mol. The number of urea groups is 1. The van der Waals surface area contributed by atoms with Crippen molar-refractivity contribution in [2.75, 3.05) is 10.6 Å². The maximum Gasteiger partial charge on any atom is 0.316 e. The molecule has 0 unspecified atom stereocenters. The summed E-state index contributed by atoms with van der Waals surface area (Å²) in [6, 6.07) is 11.2. The highest BCUT2D eigenvalue weighted by Gasteiger charge is 2.33. The van der Waals surface area contributed by atoms with Crippen molar-refractivity contribution in [3.05, 3.63) is 70.0 Å². The zero-order valence-corrected chi connectivity index (χ0v) is 16.7. The van der Waals surface area contributed by atoms with Crippen LogP contribution in [0.5, 0.6) is 0 Å². The fourth-order valence-corrected chi connectivity index (χ4v) is 3.63. The molecule has 0 saturated heterocycles. The third kappa shape index (κ3) is 4.21. The Morgan fingerprint density at radius 1 is 1.07 bits per heavy atom. The first kappa shape index (κ1) is 19.3. The molecule has 1 heterocycles. The quantitative estimate of drug-likeness (QED) is 0.542. The van der Waals surface area contributed by atoms with Gasteiger partial charge < -0.3 is 16.4 Å². The summed E-state index contributed by atoms with van der Waals surface area (Å²) in [5, 5.41) is 10.7. The van der Waals surface area contributed by atoms with E-state index < -0.39 is 6.03 Å². The number of nitrogens with one attached hydrogen (secondary N) is 2. The number of halogens is 2. The van der Waals surface area contributed by atoms with E-state index in [1.165, 1.54) is 0 Å². The monoisotopic (exact) mass is 429 g/mol. The van der Waals surface area contributed by atoms with Gasteiger partial charge in [0.05, 0.1) is 28.2 Å². The minimum Gasteiger partial charge on any atom is -0.351 e. The van der Waals surface area contributed by atoms with E-state index in [0.717, 1.165) is 18.5 Å². The van der Waals surface area contributed by atoms with Crippen LogP contribution < -0.4 is 16.4 Å². The number of primary amides is 1. The second kappa shape index (κ2) is 7.77. The lowest BCUT2D eigenvalue weighted by Gasteiger charge is -2.11. The molecule has 0 radical (unpaired) electrons. The SMILES string of the molecule is NC(=O)Nc1cccc(NC(=O)c2cnn(-c3ccc(Cl)cc3Cl)c2C2CC2)c1. The van der Waals surface area contributed by atoms with Crippen molar-refractivity contribution in [2.24, 2.45) is 5.73 Å². The number of carbonyl (C=O) groups is 2. The molecule has 4 rings (SSSR count). The van der Waals surface area contributed by atoms with Crippen LogP contribution in [0.15, 0.2) is 48.7 Å². The molecule has 148 valence electrons. The maximum atomic E-state index is 13.0. The first-order chi connectivity index (χ1) is 13.9. The lowest BCUT2D eigenvalue weighted by molar-refractivity contribution is 0.102. The first-order valence-electron chi connectivity index (χ1n) is 8.93. The molecule has 0 spiro atoms. The molecule has 9 heteroatoms. The van der Waals surface area contributed by atoms with Crippen molar-refractivity contribution < 1.29 is 9.59 Å². The van der Waals surface area contributed by atoms with Gasteiger partial charge in [0, 0.05) is 22.3 Å². The van der Waals surface area contributed by atoms with Crippen LogP contribution in [-0.2, 0) is 0 Å². The molecule has 1 aromatic heterocycles. The van der Waals surface area contributed by atoms with Crippen molar-refractivity contribution in [3.8, 4) is 5.69 Å². The molecule has 1 aliphatic rings. The van der Waals surface area contributed by atoms with Crippen molar-refractivity contribution in [3.63, 3.8) is 0 Å². The molecule has 1 aliphatic carbocycles. The minimum atomic E-state index is -0.675. The molecule has 29 heavy (non-hydrogen) atoms. The number of nitrogens with zero attached hydrogens (tertiary/aromatic N) is 2. The molecular formula is C20H17Cl2N5O2. The molecule has 3 aromatic rings. The van der Waals surface area contributed by atoms with E-state index in [1.807, 2.05) is 0 Å². The third-order valence-corrected chi connectivity index (χ3v) is 5.08. The van der Waals surface area contributed by atoms with Gasteiger partial charge >= 0.3 is 6.03 Å². The summed E-state index contributed by atoms with van der Waals surface area (Å²) >= 11 is 12.3. The summed E-state index contributed by atoms with van der Waals surface area (Å²) in [7, 11) is 0. The molecule has 1 fully saturated rings.